The second kappa shape index (κ2) is 16.0. The van der Waals surface area contributed by atoms with E-state index >= 15 is 0 Å². The van der Waals surface area contributed by atoms with Crippen molar-refractivity contribution in [3.63, 3.8) is 0 Å². The Kier molecular flexibility index (Phi) is 9.11. The number of hydrogen-bond donors (Lipinski definition) is 0. The van der Waals surface area contributed by atoms with E-state index in [1.54, 1.807) is 0 Å². The molecule has 0 radical (unpaired) electrons. The third-order valence-electron chi connectivity index (χ3n) is 14.8. The normalized spacial score (nSPS) is 12.7. The van der Waals surface area contributed by atoms with Crippen LogP contribution in [0.2, 0.25) is 0 Å². The van der Waals surface area contributed by atoms with E-state index in [2.05, 4.69) is 287 Å². The highest BCUT2D eigenvalue weighted by atomic mass is 15.2. The van der Waals surface area contributed by atoms with E-state index in [-0.39, 0.29) is 0 Å². The van der Waals surface area contributed by atoms with Crippen molar-refractivity contribution < 1.29 is 0 Å². The lowest BCUT2D eigenvalue weighted by atomic mass is 9.68. The van der Waals surface area contributed by atoms with Crippen molar-refractivity contribution in [3.05, 3.63) is 295 Å². The Morgan fingerprint density at radius 2 is 0.814 bits per heavy atom. The summed E-state index contributed by atoms with van der Waals surface area (Å²) in [4.78, 5) is 2.51. The highest BCUT2D eigenvalue weighted by Crippen LogP contribution is 2.57. The number of rotatable bonds is 8. The van der Waals surface area contributed by atoms with Crippen molar-refractivity contribution in [2.75, 3.05) is 4.90 Å². The van der Waals surface area contributed by atoms with E-state index in [4.69, 9.17) is 0 Å². The molecule has 328 valence electrons. The van der Waals surface area contributed by atoms with Gasteiger partial charge in [-0.3, -0.25) is 0 Å². The van der Waals surface area contributed by atoms with Crippen LogP contribution in [0.25, 0.3) is 77.2 Å². The zero-order valence-corrected chi connectivity index (χ0v) is 38.3. The monoisotopic (exact) mass is 891 g/mol. The maximum absolute atomic E-state index is 2.51. The Labute approximate surface area is 407 Å². The Morgan fingerprint density at radius 1 is 0.314 bits per heavy atom. The van der Waals surface area contributed by atoms with Crippen LogP contribution < -0.4 is 4.90 Å². The molecule has 1 aliphatic rings. The highest BCUT2D eigenvalue weighted by molar-refractivity contribution is 6.17. The van der Waals surface area contributed by atoms with Gasteiger partial charge in [0.05, 0.1) is 44.5 Å². The van der Waals surface area contributed by atoms with E-state index in [0.717, 1.165) is 50.6 Å². The number of anilines is 3. The lowest BCUT2D eigenvalue weighted by Gasteiger charge is -2.34. The Bertz CT molecular complexity index is 4020. The zero-order chi connectivity index (χ0) is 46.2. The van der Waals surface area contributed by atoms with E-state index in [9.17, 15) is 0 Å². The third kappa shape index (κ3) is 5.88. The maximum atomic E-state index is 2.51. The van der Waals surface area contributed by atoms with Crippen LogP contribution in [0, 0.1) is 0 Å². The Balaban J connectivity index is 1.12. The van der Waals surface area contributed by atoms with Crippen LogP contribution in [0.3, 0.4) is 0 Å². The van der Waals surface area contributed by atoms with Gasteiger partial charge < -0.3 is 14.0 Å². The molecular formula is C67H45N3. The van der Waals surface area contributed by atoms with Crippen LogP contribution in [-0.2, 0) is 5.41 Å². The van der Waals surface area contributed by atoms with Crippen LogP contribution in [0.1, 0.15) is 22.3 Å². The molecular weight excluding hydrogens is 847 g/mol. The topological polar surface area (TPSA) is 13.1 Å². The molecule has 70 heavy (non-hydrogen) atoms. The van der Waals surface area contributed by atoms with Crippen LogP contribution in [-0.4, -0.2) is 9.13 Å². The second-order valence-electron chi connectivity index (χ2n) is 18.4. The number of fused-ring (bicyclic) bond motifs is 9. The molecule has 0 fully saturated rings. The first-order valence-corrected chi connectivity index (χ1v) is 24.2. The van der Waals surface area contributed by atoms with Gasteiger partial charge in [-0.1, -0.05) is 212 Å². The fraction of sp³-hybridized carbons (Fsp3) is 0.0149. The Hall–Kier alpha value is -9.18. The van der Waals surface area contributed by atoms with Crippen molar-refractivity contribution in [3.8, 4) is 33.6 Å². The zero-order valence-electron chi connectivity index (χ0n) is 38.3. The first-order chi connectivity index (χ1) is 34.8. The van der Waals surface area contributed by atoms with Crippen molar-refractivity contribution in [2.24, 2.45) is 0 Å². The van der Waals surface area contributed by atoms with Gasteiger partial charge in [0.25, 0.3) is 0 Å². The molecule has 0 amide bonds. The Morgan fingerprint density at radius 3 is 1.47 bits per heavy atom. The van der Waals surface area contributed by atoms with Crippen LogP contribution in [0.15, 0.2) is 273 Å². The van der Waals surface area contributed by atoms with Gasteiger partial charge in [-0.15, -0.1) is 0 Å². The summed E-state index contributed by atoms with van der Waals surface area (Å²) in [6, 6.07) is 101. The van der Waals surface area contributed by atoms with Crippen molar-refractivity contribution in [1.82, 2.24) is 9.13 Å². The van der Waals surface area contributed by atoms with E-state index < -0.39 is 5.41 Å². The van der Waals surface area contributed by atoms with Crippen LogP contribution >= 0.6 is 0 Å². The lowest BCUT2D eigenvalue weighted by Crippen LogP contribution is -2.28. The van der Waals surface area contributed by atoms with Gasteiger partial charge in [-0.25, -0.2) is 0 Å². The predicted octanol–water partition coefficient (Wildman–Crippen LogP) is 17.4. The van der Waals surface area contributed by atoms with Gasteiger partial charge in [-0.2, -0.15) is 0 Å². The van der Waals surface area contributed by atoms with Gasteiger partial charge in [-0.05, 0) is 99.6 Å². The summed E-state index contributed by atoms with van der Waals surface area (Å²) < 4.78 is 4.96. The number of nitrogens with zero attached hydrogens (tertiary/aromatic N) is 3. The van der Waals surface area contributed by atoms with Crippen molar-refractivity contribution >= 4 is 60.7 Å². The molecule has 2 heterocycles. The molecule has 13 aromatic rings. The van der Waals surface area contributed by atoms with Crippen molar-refractivity contribution in [2.45, 2.75) is 5.41 Å². The number of hydrogen-bond acceptors (Lipinski definition) is 1. The molecule has 0 atom stereocenters. The molecule has 11 aromatic carbocycles. The second-order valence-corrected chi connectivity index (χ2v) is 18.4. The van der Waals surface area contributed by atoms with Gasteiger partial charge in [0, 0.05) is 38.5 Å². The summed E-state index contributed by atoms with van der Waals surface area (Å²) in [5, 5.41) is 4.86. The van der Waals surface area contributed by atoms with E-state index in [0.29, 0.717) is 0 Å². The molecule has 14 rings (SSSR count). The molecule has 0 saturated heterocycles. The van der Waals surface area contributed by atoms with Crippen molar-refractivity contribution in [1.29, 1.82) is 0 Å². The first kappa shape index (κ1) is 39.9. The number of para-hydroxylation sites is 5. The SMILES string of the molecule is c1ccc(-c2ccccc2N(c2ccc3c(c2)-c2ccccc2C3(c2ccccc2)c2ccccc2)c2cc(-n3c4ccccc4c4ccccc43)c3c4ccccc4n(-c4ccccc4)c3c2)cc1. The number of aromatic nitrogens is 2. The average Bonchev–Trinajstić information content (AvgIpc) is 4.06. The first-order valence-electron chi connectivity index (χ1n) is 24.2. The minimum atomic E-state index is -0.515. The van der Waals surface area contributed by atoms with Gasteiger partial charge >= 0.3 is 0 Å². The molecule has 0 N–H and O–H groups in total. The molecule has 0 unspecified atom stereocenters. The van der Waals surface area contributed by atoms with E-state index in [1.165, 1.54) is 66.0 Å². The predicted molar refractivity (Wildman–Crippen MR) is 293 cm³/mol. The quantitative estimate of drug-likeness (QED) is 0.148. The van der Waals surface area contributed by atoms with Gasteiger partial charge in [0.2, 0.25) is 0 Å². The van der Waals surface area contributed by atoms with Gasteiger partial charge in [0.1, 0.15) is 0 Å². The summed E-state index contributed by atoms with van der Waals surface area (Å²) in [5.74, 6) is 0. The lowest BCUT2D eigenvalue weighted by molar-refractivity contribution is 0.768. The summed E-state index contributed by atoms with van der Waals surface area (Å²) >= 11 is 0. The summed E-state index contributed by atoms with van der Waals surface area (Å²) in [7, 11) is 0. The fourth-order valence-corrected chi connectivity index (χ4v) is 11.9. The number of benzene rings is 11. The average molecular weight is 892 g/mol. The molecule has 0 bridgehead atoms. The summed E-state index contributed by atoms with van der Waals surface area (Å²) in [6.07, 6.45) is 0. The third-order valence-corrected chi connectivity index (χ3v) is 14.8. The summed E-state index contributed by atoms with van der Waals surface area (Å²) in [5.41, 5.74) is 19.4. The van der Waals surface area contributed by atoms with E-state index in [1.807, 2.05) is 0 Å². The largest absolute Gasteiger partial charge is 0.310 e. The maximum Gasteiger partial charge on any atom is 0.0713 e. The fourth-order valence-electron chi connectivity index (χ4n) is 11.9. The standard InChI is InChI=1S/C67H45N3/c1-5-23-46(24-6-1)52-31-14-19-37-60(52)68(50-41-42-59-57(43-50)53-32-13-18-36-58(53)67(59,47-25-7-2-8-26-47)48-27-9-3-10-28-48)51-44-64-66(56-35-17-22-40-63(56)69(64)49-29-11-4-12-30-49)65(45-51)70-61-38-20-15-33-54(61)55-34-16-21-39-62(55)70/h1-45H. The minimum Gasteiger partial charge on any atom is -0.310 e. The minimum absolute atomic E-state index is 0.515. The molecule has 1 aliphatic carbocycles. The molecule has 0 spiro atoms. The molecule has 3 nitrogen and oxygen atoms in total. The molecule has 0 saturated carbocycles. The smallest absolute Gasteiger partial charge is 0.0713 e. The molecule has 2 aromatic heterocycles. The van der Waals surface area contributed by atoms with Crippen LogP contribution in [0.4, 0.5) is 17.1 Å². The summed E-state index contributed by atoms with van der Waals surface area (Å²) in [6.45, 7) is 0. The molecule has 0 aliphatic heterocycles. The highest BCUT2D eigenvalue weighted by Gasteiger charge is 2.46. The van der Waals surface area contributed by atoms with Crippen LogP contribution in [0.5, 0.6) is 0 Å². The van der Waals surface area contributed by atoms with Gasteiger partial charge in [0.15, 0.2) is 0 Å². The molecule has 3 heteroatoms.